The van der Waals surface area contributed by atoms with E-state index in [0.717, 1.165) is 16.7 Å². The van der Waals surface area contributed by atoms with E-state index in [1.165, 1.54) is 6.20 Å². The van der Waals surface area contributed by atoms with Crippen LogP contribution in [0.1, 0.15) is 11.1 Å². The number of rotatable bonds is 1. The normalized spacial score (nSPS) is 9.75. The highest BCUT2D eigenvalue weighted by molar-refractivity contribution is 5.68. The first kappa shape index (κ1) is 10.2. The van der Waals surface area contributed by atoms with Crippen molar-refractivity contribution in [2.45, 2.75) is 6.92 Å². The first-order chi connectivity index (χ1) is 7.70. The van der Waals surface area contributed by atoms with E-state index in [1.54, 1.807) is 24.4 Å². The van der Waals surface area contributed by atoms with Gasteiger partial charge < -0.3 is 5.11 Å². The van der Waals surface area contributed by atoms with Crippen LogP contribution >= 0.6 is 0 Å². The third-order valence-corrected chi connectivity index (χ3v) is 2.39. The van der Waals surface area contributed by atoms with Gasteiger partial charge >= 0.3 is 0 Å². The van der Waals surface area contributed by atoms with E-state index in [4.69, 9.17) is 5.26 Å². The smallest absolute Gasteiger partial charge is 0.115 e. The number of benzene rings is 1. The summed E-state index contributed by atoms with van der Waals surface area (Å²) < 4.78 is 0. The standard InChI is InChI=1S/C13H10N2O/c1-9-4-12(16)2-3-13(9)11-5-10(6-14)7-15-8-11/h2-5,7-8,16H,1H3. The van der Waals surface area contributed by atoms with Crippen molar-refractivity contribution in [1.29, 1.82) is 5.26 Å². The topological polar surface area (TPSA) is 56.9 Å². The van der Waals surface area contributed by atoms with E-state index in [-0.39, 0.29) is 5.75 Å². The molecule has 0 aliphatic rings. The van der Waals surface area contributed by atoms with Gasteiger partial charge in [-0.05, 0) is 36.2 Å². The molecule has 2 aromatic rings. The van der Waals surface area contributed by atoms with Crippen molar-refractivity contribution in [3.8, 4) is 22.9 Å². The summed E-state index contributed by atoms with van der Waals surface area (Å²) in [6.07, 6.45) is 3.24. The molecule has 0 aliphatic carbocycles. The number of pyridine rings is 1. The Morgan fingerprint density at radius 2 is 2.06 bits per heavy atom. The largest absolute Gasteiger partial charge is 0.508 e. The van der Waals surface area contributed by atoms with Crippen LogP contribution in [0.4, 0.5) is 0 Å². The molecule has 0 radical (unpaired) electrons. The fourth-order valence-corrected chi connectivity index (χ4v) is 1.62. The third kappa shape index (κ3) is 1.86. The van der Waals surface area contributed by atoms with Crippen molar-refractivity contribution in [3.63, 3.8) is 0 Å². The monoisotopic (exact) mass is 210 g/mol. The lowest BCUT2D eigenvalue weighted by Gasteiger charge is -2.06. The van der Waals surface area contributed by atoms with Crippen LogP contribution < -0.4 is 0 Å². The zero-order chi connectivity index (χ0) is 11.5. The minimum Gasteiger partial charge on any atom is -0.508 e. The van der Waals surface area contributed by atoms with Crippen molar-refractivity contribution >= 4 is 0 Å². The van der Waals surface area contributed by atoms with Gasteiger partial charge in [-0.3, -0.25) is 4.98 Å². The van der Waals surface area contributed by atoms with Gasteiger partial charge in [0.25, 0.3) is 0 Å². The van der Waals surface area contributed by atoms with E-state index in [0.29, 0.717) is 5.56 Å². The zero-order valence-corrected chi connectivity index (χ0v) is 8.81. The van der Waals surface area contributed by atoms with Gasteiger partial charge in [-0.15, -0.1) is 0 Å². The lowest BCUT2D eigenvalue weighted by molar-refractivity contribution is 0.475. The lowest BCUT2D eigenvalue weighted by atomic mass is 10.0. The van der Waals surface area contributed by atoms with Gasteiger partial charge in [0, 0.05) is 18.0 Å². The van der Waals surface area contributed by atoms with Crippen LogP contribution in [0.5, 0.6) is 5.75 Å². The summed E-state index contributed by atoms with van der Waals surface area (Å²) in [7, 11) is 0. The van der Waals surface area contributed by atoms with Gasteiger partial charge in [-0.2, -0.15) is 5.26 Å². The zero-order valence-electron chi connectivity index (χ0n) is 8.81. The summed E-state index contributed by atoms with van der Waals surface area (Å²) in [4.78, 5) is 4.01. The molecule has 3 nitrogen and oxygen atoms in total. The summed E-state index contributed by atoms with van der Waals surface area (Å²) in [6.45, 7) is 1.91. The molecule has 16 heavy (non-hydrogen) atoms. The molecule has 1 aromatic carbocycles. The molecule has 2 rings (SSSR count). The van der Waals surface area contributed by atoms with Gasteiger partial charge in [0.15, 0.2) is 0 Å². The quantitative estimate of drug-likeness (QED) is 0.787. The first-order valence-electron chi connectivity index (χ1n) is 4.86. The van der Waals surface area contributed by atoms with Gasteiger partial charge in [0.05, 0.1) is 5.56 Å². The van der Waals surface area contributed by atoms with E-state index in [2.05, 4.69) is 11.1 Å². The minimum atomic E-state index is 0.241. The molecule has 0 unspecified atom stereocenters. The number of hydrogen-bond donors (Lipinski definition) is 1. The van der Waals surface area contributed by atoms with E-state index < -0.39 is 0 Å². The number of aromatic hydroxyl groups is 1. The van der Waals surface area contributed by atoms with Crippen LogP contribution in [0.3, 0.4) is 0 Å². The van der Waals surface area contributed by atoms with E-state index in [9.17, 15) is 5.11 Å². The second-order valence-corrected chi connectivity index (χ2v) is 3.57. The van der Waals surface area contributed by atoms with Gasteiger partial charge in [-0.25, -0.2) is 0 Å². The van der Waals surface area contributed by atoms with Crippen molar-refractivity contribution in [2.75, 3.05) is 0 Å². The molecular formula is C13H10N2O. The molecule has 0 bridgehead atoms. The Labute approximate surface area is 93.6 Å². The molecular weight excluding hydrogens is 200 g/mol. The molecule has 3 heteroatoms. The second-order valence-electron chi connectivity index (χ2n) is 3.57. The summed E-state index contributed by atoms with van der Waals surface area (Å²) in [5.74, 6) is 0.241. The maximum atomic E-state index is 9.32. The van der Waals surface area contributed by atoms with Crippen molar-refractivity contribution in [2.24, 2.45) is 0 Å². The first-order valence-corrected chi connectivity index (χ1v) is 4.86. The van der Waals surface area contributed by atoms with E-state index >= 15 is 0 Å². The molecule has 0 saturated heterocycles. The summed E-state index contributed by atoms with van der Waals surface area (Å²) in [5, 5.41) is 18.1. The lowest BCUT2D eigenvalue weighted by Crippen LogP contribution is -1.86. The molecule has 0 saturated carbocycles. The molecule has 0 spiro atoms. The van der Waals surface area contributed by atoms with Crippen LogP contribution in [0.25, 0.3) is 11.1 Å². The average Bonchev–Trinajstić information content (AvgIpc) is 2.29. The summed E-state index contributed by atoms with van der Waals surface area (Å²) in [5.41, 5.74) is 3.35. The van der Waals surface area contributed by atoms with Crippen LogP contribution in [-0.2, 0) is 0 Å². The fourth-order valence-electron chi connectivity index (χ4n) is 1.62. The Morgan fingerprint density at radius 3 is 2.75 bits per heavy atom. The highest BCUT2D eigenvalue weighted by atomic mass is 16.3. The molecule has 0 fully saturated rings. The van der Waals surface area contributed by atoms with Crippen molar-refractivity contribution in [3.05, 3.63) is 47.8 Å². The molecule has 78 valence electrons. The Bertz CT molecular complexity index is 570. The number of phenols is 1. The van der Waals surface area contributed by atoms with Crippen LogP contribution in [-0.4, -0.2) is 10.1 Å². The SMILES string of the molecule is Cc1cc(O)ccc1-c1cncc(C#N)c1. The molecule has 1 N–H and O–H groups in total. The Morgan fingerprint density at radius 1 is 1.25 bits per heavy atom. The number of aromatic nitrogens is 1. The van der Waals surface area contributed by atoms with E-state index in [1.807, 2.05) is 13.0 Å². The minimum absolute atomic E-state index is 0.241. The third-order valence-electron chi connectivity index (χ3n) is 2.39. The highest BCUT2D eigenvalue weighted by Gasteiger charge is 2.04. The number of aryl methyl sites for hydroxylation is 1. The van der Waals surface area contributed by atoms with Gasteiger partial charge in [-0.1, -0.05) is 6.07 Å². The number of hydrogen-bond acceptors (Lipinski definition) is 3. The Hall–Kier alpha value is -2.34. The molecule has 0 aliphatic heterocycles. The van der Waals surface area contributed by atoms with Gasteiger partial charge in [0.1, 0.15) is 11.8 Å². The van der Waals surface area contributed by atoms with Crippen LogP contribution in [0.2, 0.25) is 0 Å². The number of nitrogens with zero attached hydrogens (tertiary/aromatic N) is 2. The molecule has 1 heterocycles. The maximum absolute atomic E-state index is 9.32. The predicted molar refractivity (Wildman–Crippen MR) is 60.8 cm³/mol. The summed E-state index contributed by atoms with van der Waals surface area (Å²) in [6, 6.07) is 8.98. The second kappa shape index (κ2) is 4.03. The Balaban J connectivity index is 2.55. The van der Waals surface area contributed by atoms with Crippen molar-refractivity contribution < 1.29 is 5.11 Å². The predicted octanol–water partition coefficient (Wildman–Crippen LogP) is 2.63. The maximum Gasteiger partial charge on any atom is 0.115 e. The Kier molecular flexibility index (Phi) is 2.57. The highest BCUT2D eigenvalue weighted by Crippen LogP contribution is 2.26. The fraction of sp³-hybridized carbons (Fsp3) is 0.0769. The van der Waals surface area contributed by atoms with Gasteiger partial charge in [0.2, 0.25) is 0 Å². The summed E-state index contributed by atoms with van der Waals surface area (Å²) >= 11 is 0. The van der Waals surface area contributed by atoms with Crippen LogP contribution in [0.15, 0.2) is 36.7 Å². The van der Waals surface area contributed by atoms with Crippen LogP contribution in [0, 0.1) is 18.3 Å². The van der Waals surface area contributed by atoms with Crippen molar-refractivity contribution in [1.82, 2.24) is 4.98 Å². The average molecular weight is 210 g/mol. The number of nitriles is 1. The molecule has 0 amide bonds. The molecule has 1 aromatic heterocycles. The number of phenolic OH excluding ortho intramolecular Hbond substituents is 1. The molecule has 0 atom stereocenters.